The van der Waals surface area contributed by atoms with Crippen molar-refractivity contribution < 1.29 is 9.90 Å². The molecule has 4 fully saturated rings. The summed E-state index contributed by atoms with van der Waals surface area (Å²) < 4.78 is 0. The van der Waals surface area contributed by atoms with Crippen LogP contribution >= 0.6 is 0 Å². The van der Waals surface area contributed by atoms with Crippen molar-refractivity contribution in [2.24, 2.45) is 17.8 Å². The molecule has 23 heavy (non-hydrogen) atoms. The number of carbonyl (C=O) groups is 1. The molecular formula is C20H27NO2. The second-order valence-corrected chi connectivity index (χ2v) is 8.68. The Labute approximate surface area is 138 Å². The summed E-state index contributed by atoms with van der Waals surface area (Å²) in [5, 5.41) is 14.0. The number of nitrogens with one attached hydrogen (secondary N) is 1. The number of aliphatic hydroxyl groups is 1. The molecule has 0 aliphatic heterocycles. The minimum absolute atomic E-state index is 0.119. The molecule has 0 heterocycles. The maximum atomic E-state index is 13.0. The van der Waals surface area contributed by atoms with Crippen LogP contribution in [0.25, 0.3) is 0 Å². The first-order valence-electron chi connectivity index (χ1n) is 8.96. The first-order chi connectivity index (χ1) is 10.9. The van der Waals surface area contributed by atoms with E-state index in [9.17, 15) is 9.90 Å². The van der Waals surface area contributed by atoms with E-state index in [1.54, 1.807) is 0 Å². The summed E-state index contributed by atoms with van der Waals surface area (Å²) >= 11 is 0. The molecule has 4 bridgehead atoms. The van der Waals surface area contributed by atoms with Gasteiger partial charge in [-0.3, -0.25) is 4.79 Å². The zero-order valence-corrected chi connectivity index (χ0v) is 14.1. The van der Waals surface area contributed by atoms with Gasteiger partial charge in [0.1, 0.15) is 0 Å². The Morgan fingerprint density at radius 2 is 1.74 bits per heavy atom. The first-order valence-corrected chi connectivity index (χ1v) is 8.96. The summed E-state index contributed by atoms with van der Waals surface area (Å²) in [6, 6.07) is 10.3. The summed E-state index contributed by atoms with van der Waals surface area (Å²) in [4.78, 5) is 13.0. The van der Waals surface area contributed by atoms with Crippen LogP contribution < -0.4 is 5.32 Å². The third-order valence-electron chi connectivity index (χ3n) is 6.60. The summed E-state index contributed by atoms with van der Waals surface area (Å²) in [5.41, 5.74) is 0.0967. The van der Waals surface area contributed by atoms with Crippen molar-refractivity contribution in [3.63, 3.8) is 0 Å². The van der Waals surface area contributed by atoms with Crippen LogP contribution in [0.2, 0.25) is 0 Å². The molecule has 124 valence electrons. The molecule has 1 aromatic rings. The second kappa shape index (κ2) is 5.07. The quantitative estimate of drug-likeness (QED) is 0.901. The summed E-state index contributed by atoms with van der Waals surface area (Å²) in [6.07, 6.45) is 5.08. The van der Waals surface area contributed by atoms with Crippen LogP contribution in [0.15, 0.2) is 30.3 Å². The molecule has 0 spiro atoms. The average Bonchev–Trinajstić information content (AvgIpc) is 2.50. The Morgan fingerprint density at radius 1 is 1.13 bits per heavy atom. The fourth-order valence-corrected chi connectivity index (χ4v) is 5.53. The summed E-state index contributed by atoms with van der Waals surface area (Å²) in [7, 11) is 0. The highest BCUT2D eigenvalue weighted by Gasteiger charge is 2.55. The van der Waals surface area contributed by atoms with Crippen molar-refractivity contribution in [3.8, 4) is 0 Å². The molecular weight excluding hydrogens is 286 g/mol. The second-order valence-electron chi connectivity index (χ2n) is 8.68. The SMILES string of the molecule is CC(C)(C(=O)NC1[C@H]2CC3C[C@H]1CC(O)(C3)C2)c1ccccc1. The molecule has 4 aliphatic carbocycles. The molecule has 0 radical (unpaired) electrons. The fraction of sp³-hybridized carbons (Fsp3) is 0.650. The molecule has 2 N–H and O–H groups in total. The third-order valence-corrected chi connectivity index (χ3v) is 6.60. The van der Waals surface area contributed by atoms with E-state index >= 15 is 0 Å². The smallest absolute Gasteiger partial charge is 0.230 e. The number of hydrogen-bond acceptors (Lipinski definition) is 2. The van der Waals surface area contributed by atoms with Gasteiger partial charge in [-0.2, -0.15) is 0 Å². The molecule has 1 amide bonds. The van der Waals surface area contributed by atoms with Crippen molar-refractivity contribution in [2.45, 2.75) is 63.0 Å². The van der Waals surface area contributed by atoms with E-state index in [2.05, 4.69) is 5.32 Å². The van der Waals surface area contributed by atoms with Crippen LogP contribution in [0.3, 0.4) is 0 Å². The Morgan fingerprint density at radius 3 is 2.30 bits per heavy atom. The molecule has 2 atom stereocenters. The minimum atomic E-state index is -0.521. The van der Waals surface area contributed by atoms with Crippen LogP contribution in [0.5, 0.6) is 0 Å². The van der Waals surface area contributed by atoms with Gasteiger partial charge in [0.2, 0.25) is 5.91 Å². The van der Waals surface area contributed by atoms with E-state index in [1.165, 1.54) is 12.8 Å². The molecule has 3 heteroatoms. The highest BCUT2D eigenvalue weighted by atomic mass is 16.3. The van der Waals surface area contributed by atoms with Gasteiger partial charge in [0.05, 0.1) is 11.0 Å². The molecule has 1 aromatic carbocycles. The Kier molecular flexibility index (Phi) is 3.35. The fourth-order valence-electron chi connectivity index (χ4n) is 5.53. The van der Waals surface area contributed by atoms with E-state index in [1.807, 2.05) is 44.2 Å². The lowest BCUT2D eigenvalue weighted by atomic mass is 9.52. The average molecular weight is 313 g/mol. The van der Waals surface area contributed by atoms with Crippen LogP contribution in [0.1, 0.15) is 51.5 Å². The molecule has 4 aliphatic rings. The molecule has 4 saturated carbocycles. The highest BCUT2D eigenvalue weighted by molar-refractivity contribution is 5.87. The predicted octanol–water partition coefficient (Wildman–Crippen LogP) is 3.02. The van der Waals surface area contributed by atoms with Crippen LogP contribution in [0.4, 0.5) is 0 Å². The maximum absolute atomic E-state index is 13.0. The van der Waals surface area contributed by atoms with Gasteiger partial charge in [0.15, 0.2) is 0 Å². The molecule has 3 nitrogen and oxygen atoms in total. The minimum Gasteiger partial charge on any atom is -0.390 e. The lowest BCUT2D eigenvalue weighted by Gasteiger charge is -2.58. The monoisotopic (exact) mass is 313 g/mol. The first kappa shape index (κ1) is 15.2. The lowest BCUT2D eigenvalue weighted by molar-refractivity contribution is -0.148. The summed E-state index contributed by atoms with van der Waals surface area (Å²) in [5.74, 6) is 1.71. The van der Waals surface area contributed by atoms with Crippen LogP contribution in [-0.4, -0.2) is 22.7 Å². The van der Waals surface area contributed by atoms with Gasteiger partial charge < -0.3 is 10.4 Å². The van der Waals surface area contributed by atoms with Gasteiger partial charge in [-0.15, -0.1) is 0 Å². The summed E-state index contributed by atoms with van der Waals surface area (Å²) in [6.45, 7) is 4.00. The van der Waals surface area contributed by atoms with Crippen molar-refractivity contribution in [2.75, 3.05) is 0 Å². The number of benzene rings is 1. The van der Waals surface area contributed by atoms with Crippen LogP contribution in [0, 0.1) is 17.8 Å². The Balaban J connectivity index is 1.51. The van der Waals surface area contributed by atoms with Gasteiger partial charge in [0.25, 0.3) is 0 Å². The van der Waals surface area contributed by atoms with Crippen molar-refractivity contribution in [1.82, 2.24) is 5.32 Å². The molecule has 5 rings (SSSR count). The lowest BCUT2D eigenvalue weighted by Crippen LogP contribution is -2.62. The van der Waals surface area contributed by atoms with Gasteiger partial charge in [-0.1, -0.05) is 30.3 Å². The van der Waals surface area contributed by atoms with Crippen molar-refractivity contribution in [1.29, 1.82) is 0 Å². The topological polar surface area (TPSA) is 49.3 Å². The zero-order chi connectivity index (χ0) is 16.2. The zero-order valence-electron chi connectivity index (χ0n) is 14.1. The number of hydrogen-bond donors (Lipinski definition) is 2. The van der Waals surface area contributed by atoms with Gasteiger partial charge in [0, 0.05) is 6.04 Å². The van der Waals surface area contributed by atoms with E-state index in [4.69, 9.17) is 0 Å². The van der Waals surface area contributed by atoms with Gasteiger partial charge >= 0.3 is 0 Å². The standard InChI is InChI=1S/C20H27NO2/c1-19(2,16-6-4-3-5-7-16)18(22)21-17-14-8-13-9-15(17)12-20(23,10-13)11-14/h3-7,13-15,17,23H,8-12H2,1-2H3,(H,21,22)/t13?,14-,15-,17?,20?/m0/s1. The normalized spacial score (nSPS) is 38.6. The van der Waals surface area contributed by atoms with E-state index < -0.39 is 11.0 Å². The maximum Gasteiger partial charge on any atom is 0.230 e. The number of amides is 1. The van der Waals surface area contributed by atoms with Crippen molar-refractivity contribution >= 4 is 5.91 Å². The largest absolute Gasteiger partial charge is 0.390 e. The van der Waals surface area contributed by atoms with E-state index in [-0.39, 0.29) is 11.9 Å². The third kappa shape index (κ3) is 2.50. The molecule has 0 aromatic heterocycles. The highest BCUT2D eigenvalue weighted by Crippen LogP contribution is 2.55. The Hall–Kier alpha value is -1.35. The number of carbonyl (C=O) groups excluding carboxylic acids is 1. The van der Waals surface area contributed by atoms with Crippen molar-refractivity contribution in [3.05, 3.63) is 35.9 Å². The van der Waals surface area contributed by atoms with E-state index in [0.717, 1.165) is 24.8 Å². The van der Waals surface area contributed by atoms with Gasteiger partial charge in [-0.25, -0.2) is 0 Å². The Bertz CT molecular complexity index is 593. The van der Waals surface area contributed by atoms with Crippen LogP contribution in [-0.2, 0) is 10.2 Å². The van der Waals surface area contributed by atoms with Gasteiger partial charge in [-0.05, 0) is 69.3 Å². The molecule has 0 unspecified atom stereocenters. The molecule has 0 saturated heterocycles. The van der Waals surface area contributed by atoms with E-state index in [0.29, 0.717) is 17.8 Å². The number of rotatable bonds is 3. The predicted molar refractivity (Wildman–Crippen MR) is 89.9 cm³/mol.